The summed E-state index contributed by atoms with van der Waals surface area (Å²) >= 11 is 2.69. The number of carbonyl (C=O) groups excluding carboxylic acids is 2. The van der Waals surface area contributed by atoms with Crippen LogP contribution in [0, 0.1) is 6.92 Å². The zero-order valence-electron chi connectivity index (χ0n) is 15.9. The third kappa shape index (κ3) is 5.59. The Kier molecular flexibility index (Phi) is 7.33. The minimum atomic E-state index is -3.75. The molecular weight excluding hydrogens is 432 g/mol. The van der Waals surface area contributed by atoms with Crippen LogP contribution in [0.1, 0.15) is 20.8 Å². The van der Waals surface area contributed by atoms with E-state index in [2.05, 4.69) is 5.32 Å². The van der Waals surface area contributed by atoms with Crippen LogP contribution in [0.15, 0.2) is 40.6 Å². The van der Waals surface area contributed by atoms with Crippen molar-refractivity contribution in [3.05, 3.63) is 51.7 Å². The lowest BCUT2D eigenvalue weighted by Gasteiger charge is -2.25. The molecule has 0 bridgehead atoms. The molecule has 156 valence electrons. The van der Waals surface area contributed by atoms with Crippen LogP contribution in [0.25, 0.3) is 0 Å². The fraction of sp³-hybridized carbons (Fsp3) is 0.368. The minimum absolute atomic E-state index is 0.00504. The Morgan fingerprint density at radius 2 is 1.83 bits per heavy atom. The van der Waals surface area contributed by atoms with Gasteiger partial charge in [-0.25, -0.2) is 13.2 Å². The van der Waals surface area contributed by atoms with Crippen molar-refractivity contribution >= 4 is 45.0 Å². The molecule has 2 heterocycles. The molecule has 1 N–H and O–H groups in total. The molecule has 1 aliphatic rings. The van der Waals surface area contributed by atoms with Gasteiger partial charge in [-0.2, -0.15) is 16.1 Å². The van der Waals surface area contributed by atoms with Crippen LogP contribution in [0.3, 0.4) is 0 Å². The van der Waals surface area contributed by atoms with Gasteiger partial charge in [-0.15, -0.1) is 11.3 Å². The Labute approximate surface area is 178 Å². The third-order valence-corrected chi connectivity index (χ3v) is 8.25. The molecule has 0 radical (unpaired) electrons. The molecule has 0 aliphatic carbocycles. The lowest BCUT2D eigenvalue weighted by Crippen LogP contribution is -2.38. The van der Waals surface area contributed by atoms with E-state index in [1.807, 2.05) is 31.2 Å². The quantitative estimate of drug-likeness (QED) is 0.645. The fourth-order valence-electron chi connectivity index (χ4n) is 2.73. The van der Waals surface area contributed by atoms with E-state index in [0.29, 0.717) is 19.6 Å². The van der Waals surface area contributed by atoms with Gasteiger partial charge < -0.3 is 10.1 Å². The number of aryl methyl sites for hydroxylation is 1. The van der Waals surface area contributed by atoms with Gasteiger partial charge >= 0.3 is 5.97 Å². The molecule has 1 aromatic heterocycles. The number of carbonyl (C=O) groups is 2. The molecule has 0 atom stereocenters. The van der Waals surface area contributed by atoms with Gasteiger partial charge in [0.25, 0.3) is 5.91 Å². The van der Waals surface area contributed by atoms with E-state index in [1.165, 1.54) is 10.4 Å². The lowest BCUT2D eigenvalue weighted by molar-refractivity contribution is -0.124. The first-order valence-electron chi connectivity index (χ1n) is 9.02. The highest BCUT2D eigenvalue weighted by molar-refractivity contribution is 7.99. The predicted molar refractivity (Wildman–Crippen MR) is 114 cm³/mol. The predicted octanol–water partition coefficient (Wildman–Crippen LogP) is 2.27. The number of nitrogens with one attached hydrogen (secondary N) is 1. The Bertz CT molecular complexity index is 964. The van der Waals surface area contributed by atoms with Gasteiger partial charge in [0.05, 0.1) is 0 Å². The number of thioether (sulfide) groups is 1. The number of thiophene rings is 1. The minimum Gasteiger partial charge on any atom is -0.451 e. The molecule has 1 aromatic carbocycles. The van der Waals surface area contributed by atoms with E-state index >= 15 is 0 Å². The molecule has 3 rings (SSSR count). The maximum absolute atomic E-state index is 12.8. The van der Waals surface area contributed by atoms with Crippen molar-refractivity contribution in [3.8, 4) is 0 Å². The molecule has 7 nitrogen and oxygen atoms in total. The molecule has 10 heteroatoms. The lowest BCUT2D eigenvalue weighted by atomic mass is 10.1. The molecule has 2 aromatic rings. The van der Waals surface area contributed by atoms with E-state index < -0.39 is 28.5 Å². The normalized spacial score (nSPS) is 15.1. The van der Waals surface area contributed by atoms with E-state index in [9.17, 15) is 18.0 Å². The van der Waals surface area contributed by atoms with Crippen LogP contribution in [0.2, 0.25) is 0 Å². The summed E-state index contributed by atoms with van der Waals surface area (Å²) in [6.45, 7) is 2.66. The summed E-state index contributed by atoms with van der Waals surface area (Å²) in [5, 5.41) is 4.22. The van der Waals surface area contributed by atoms with Crippen molar-refractivity contribution in [2.45, 2.75) is 18.4 Å². The molecule has 0 spiro atoms. The van der Waals surface area contributed by atoms with Gasteiger partial charge in [-0.1, -0.05) is 29.8 Å². The summed E-state index contributed by atoms with van der Waals surface area (Å²) < 4.78 is 32.1. The number of amides is 1. The monoisotopic (exact) mass is 454 g/mol. The molecule has 1 fully saturated rings. The number of sulfonamides is 1. The summed E-state index contributed by atoms with van der Waals surface area (Å²) in [4.78, 5) is 24.3. The van der Waals surface area contributed by atoms with E-state index in [1.54, 1.807) is 17.1 Å². The maximum atomic E-state index is 12.8. The van der Waals surface area contributed by atoms with Gasteiger partial charge in [0.2, 0.25) is 10.0 Å². The first-order valence-corrected chi connectivity index (χ1v) is 12.5. The number of rotatable bonds is 7. The van der Waals surface area contributed by atoms with Gasteiger partial charge in [-0.3, -0.25) is 4.79 Å². The van der Waals surface area contributed by atoms with Gasteiger partial charge in [0, 0.05) is 31.1 Å². The second-order valence-corrected chi connectivity index (χ2v) is 10.5. The second kappa shape index (κ2) is 9.75. The van der Waals surface area contributed by atoms with Crippen molar-refractivity contribution in [1.82, 2.24) is 9.62 Å². The van der Waals surface area contributed by atoms with Crippen LogP contribution in [-0.4, -0.2) is 55.8 Å². The van der Waals surface area contributed by atoms with Crippen LogP contribution < -0.4 is 5.32 Å². The van der Waals surface area contributed by atoms with Crippen molar-refractivity contribution in [3.63, 3.8) is 0 Å². The number of ether oxygens (including phenoxy) is 1. The zero-order chi connectivity index (χ0) is 20.9. The third-order valence-electron chi connectivity index (χ3n) is 4.35. The maximum Gasteiger partial charge on any atom is 0.350 e. The molecule has 0 saturated carbocycles. The average molecular weight is 455 g/mol. The Morgan fingerprint density at radius 3 is 2.52 bits per heavy atom. The molecule has 29 heavy (non-hydrogen) atoms. The van der Waals surface area contributed by atoms with E-state index in [-0.39, 0.29) is 9.77 Å². The average Bonchev–Trinajstić information content (AvgIpc) is 3.23. The van der Waals surface area contributed by atoms with Crippen molar-refractivity contribution < 1.29 is 22.7 Å². The molecule has 1 aliphatic heterocycles. The standard InChI is InChI=1S/C19H22N2O5S3/c1-14-2-4-15(5-3-14)12-20-17(22)13-26-19(23)18-16(6-9-28-18)29(24,25)21-7-10-27-11-8-21/h2-6,9H,7-8,10-13H2,1H3,(H,20,22). The number of esters is 1. The van der Waals surface area contributed by atoms with Crippen molar-refractivity contribution in [2.24, 2.45) is 0 Å². The second-order valence-electron chi connectivity index (χ2n) is 6.47. The largest absolute Gasteiger partial charge is 0.451 e. The van der Waals surface area contributed by atoms with E-state index in [4.69, 9.17) is 4.74 Å². The zero-order valence-corrected chi connectivity index (χ0v) is 18.4. The first kappa shape index (κ1) is 21.8. The Balaban J connectivity index is 1.56. The van der Waals surface area contributed by atoms with Gasteiger partial charge in [-0.05, 0) is 23.9 Å². The van der Waals surface area contributed by atoms with Crippen molar-refractivity contribution in [1.29, 1.82) is 0 Å². The van der Waals surface area contributed by atoms with Crippen LogP contribution in [0.4, 0.5) is 0 Å². The summed E-state index contributed by atoms with van der Waals surface area (Å²) in [6.07, 6.45) is 0. The van der Waals surface area contributed by atoms with Crippen LogP contribution >= 0.6 is 23.1 Å². The van der Waals surface area contributed by atoms with Gasteiger partial charge in [0.15, 0.2) is 6.61 Å². The summed E-state index contributed by atoms with van der Waals surface area (Å²) in [5.74, 6) is 0.192. The molecule has 1 amide bonds. The highest BCUT2D eigenvalue weighted by Crippen LogP contribution is 2.27. The number of hydrogen-bond acceptors (Lipinski definition) is 7. The van der Waals surface area contributed by atoms with Crippen molar-refractivity contribution in [2.75, 3.05) is 31.2 Å². The Morgan fingerprint density at radius 1 is 1.14 bits per heavy atom. The summed E-state index contributed by atoms with van der Waals surface area (Å²) in [5.41, 5.74) is 2.06. The summed E-state index contributed by atoms with van der Waals surface area (Å²) in [6, 6.07) is 9.12. The molecule has 1 saturated heterocycles. The molecule has 0 unspecified atom stereocenters. The summed E-state index contributed by atoms with van der Waals surface area (Å²) in [7, 11) is -3.75. The van der Waals surface area contributed by atoms with E-state index in [0.717, 1.165) is 34.0 Å². The van der Waals surface area contributed by atoms with Crippen LogP contribution in [-0.2, 0) is 26.1 Å². The highest BCUT2D eigenvalue weighted by atomic mass is 32.2. The number of hydrogen-bond donors (Lipinski definition) is 1. The highest BCUT2D eigenvalue weighted by Gasteiger charge is 2.31. The van der Waals surface area contributed by atoms with Crippen LogP contribution in [0.5, 0.6) is 0 Å². The molecular formula is C19H22N2O5S3. The topological polar surface area (TPSA) is 92.8 Å². The number of nitrogens with zero attached hydrogens (tertiary/aromatic N) is 1. The van der Waals surface area contributed by atoms with Gasteiger partial charge in [0.1, 0.15) is 9.77 Å². The SMILES string of the molecule is Cc1ccc(CNC(=O)COC(=O)c2sccc2S(=O)(=O)N2CCSCC2)cc1. The smallest absolute Gasteiger partial charge is 0.350 e. The Hall–Kier alpha value is -1.88. The first-order chi connectivity index (χ1) is 13.9. The number of benzene rings is 1. The fourth-order valence-corrected chi connectivity index (χ4v) is 6.59.